The van der Waals surface area contributed by atoms with Crippen molar-refractivity contribution in [2.24, 2.45) is 0 Å². The van der Waals surface area contributed by atoms with E-state index < -0.39 is 0 Å². The first-order valence-electron chi connectivity index (χ1n) is 9.04. The first-order valence-corrected chi connectivity index (χ1v) is 9.04. The van der Waals surface area contributed by atoms with E-state index in [4.69, 9.17) is 4.74 Å². The second-order valence-electron chi connectivity index (χ2n) is 6.39. The quantitative estimate of drug-likeness (QED) is 0.481. The molecule has 2 N–H and O–H groups in total. The van der Waals surface area contributed by atoms with Crippen LogP contribution in [0, 0.1) is 0 Å². The van der Waals surface area contributed by atoms with Crippen molar-refractivity contribution in [3.05, 3.63) is 96.7 Å². The number of amides is 1. The van der Waals surface area contributed by atoms with E-state index >= 15 is 0 Å². The molecule has 0 saturated carbocycles. The van der Waals surface area contributed by atoms with E-state index in [0.717, 1.165) is 33.8 Å². The molecule has 0 aliphatic rings. The summed E-state index contributed by atoms with van der Waals surface area (Å²) in [6.45, 7) is 0. The molecule has 4 rings (SSSR count). The van der Waals surface area contributed by atoms with Crippen molar-refractivity contribution in [2.45, 2.75) is 0 Å². The second-order valence-corrected chi connectivity index (χ2v) is 6.39. The molecule has 0 bridgehead atoms. The molecule has 0 saturated heterocycles. The minimum absolute atomic E-state index is 0.181. The van der Waals surface area contributed by atoms with Crippen LogP contribution < -0.4 is 10.1 Å². The molecular formula is C24H20N2O2. The lowest BCUT2D eigenvalue weighted by molar-refractivity contribution is 0.102. The van der Waals surface area contributed by atoms with Gasteiger partial charge in [-0.3, -0.25) is 4.79 Å². The lowest BCUT2D eigenvalue weighted by Gasteiger charge is -2.10. The standard InChI is InChI=1S/C24H20N2O2/c1-28-23-13-6-5-12-20(23)18-10-7-11-19(16-18)25-24(27)22-15-14-21(26-22)17-8-3-2-4-9-17/h2-16,26H,1H3,(H,25,27). The Hall–Kier alpha value is -3.79. The highest BCUT2D eigenvalue weighted by Crippen LogP contribution is 2.31. The SMILES string of the molecule is COc1ccccc1-c1cccc(NC(=O)c2ccc(-c3ccccc3)[nH]2)c1. The Kier molecular flexibility index (Phi) is 4.93. The molecule has 0 unspecified atom stereocenters. The van der Waals surface area contributed by atoms with Gasteiger partial charge in [-0.1, -0.05) is 60.7 Å². The zero-order valence-corrected chi connectivity index (χ0v) is 15.5. The number of methoxy groups -OCH3 is 1. The number of benzene rings is 3. The molecule has 0 aliphatic carbocycles. The van der Waals surface area contributed by atoms with E-state index in [2.05, 4.69) is 10.3 Å². The topological polar surface area (TPSA) is 54.1 Å². The molecule has 1 amide bonds. The summed E-state index contributed by atoms with van der Waals surface area (Å²) in [7, 11) is 1.65. The van der Waals surface area contributed by atoms with Gasteiger partial charge >= 0.3 is 0 Å². The van der Waals surface area contributed by atoms with Gasteiger partial charge in [-0.05, 0) is 41.5 Å². The van der Waals surface area contributed by atoms with Gasteiger partial charge < -0.3 is 15.0 Å². The molecule has 28 heavy (non-hydrogen) atoms. The van der Waals surface area contributed by atoms with Gasteiger partial charge in [-0.25, -0.2) is 0 Å². The molecule has 4 aromatic rings. The fraction of sp³-hybridized carbons (Fsp3) is 0.0417. The Morgan fingerprint density at radius 1 is 0.821 bits per heavy atom. The number of hydrogen-bond acceptors (Lipinski definition) is 2. The van der Waals surface area contributed by atoms with Gasteiger partial charge in [0.2, 0.25) is 0 Å². The zero-order chi connectivity index (χ0) is 19.3. The molecule has 1 heterocycles. The summed E-state index contributed by atoms with van der Waals surface area (Å²) in [4.78, 5) is 15.8. The van der Waals surface area contributed by atoms with Crippen molar-refractivity contribution in [2.75, 3.05) is 12.4 Å². The molecule has 0 atom stereocenters. The number of nitrogens with one attached hydrogen (secondary N) is 2. The number of ether oxygens (including phenoxy) is 1. The maximum atomic E-state index is 12.7. The number of carbonyl (C=O) groups excluding carboxylic acids is 1. The second kappa shape index (κ2) is 7.84. The molecule has 0 spiro atoms. The number of para-hydroxylation sites is 1. The van der Waals surface area contributed by atoms with E-state index in [1.807, 2.05) is 84.9 Å². The highest BCUT2D eigenvalue weighted by molar-refractivity contribution is 6.03. The summed E-state index contributed by atoms with van der Waals surface area (Å²) < 4.78 is 5.44. The van der Waals surface area contributed by atoms with Gasteiger partial charge in [0, 0.05) is 16.9 Å². The molecule has 0 aliphatic heterocycles. The summed E-state index contributed by atoms with van der Waals surface area (Å²) >= 11 is 0. The first-order chi connectivity index (χ1) is 13.7. The van der Waals surface area contributed by atoms with Crippen LogP contribution in [0.5, 0.6) is 5.75 Å². The van der Waals surface area contributed by atoms with Crippen molar-refractivity contribution in [1.82, 2.24) is 4.98 Å². The highest BCUT2D eigenvalue weighted by atomic mass is 16.5. The van der Waals surface area contributed by atoms with Gasteiger partial charge in [-0.15, -0.1) is 0 Å². The summed E-state index contributed by atoms with van der Waals surface area (Å²) in [5, 5.41) is 2.96. The molecular weight excluding hydrogens is 348 g/mol. The van der Waals surface area contributed by atoms with Crippen LogP contribution in [0.3, 0.4) is 0 Å². The van der Waals surface area contributed by atoms with E-state index in [9.17, 15) is 4.79 Å². The predicted octanol–water partition coefficient (Wildman–Crippen LogP) is 5.61. The molecule has 4 nitrogen and oxygen atoms in total. The van der Waals surface area contributed by atoms with E-state index in [-0.39, 0.29) is 5.91 Å². The smallest absolute Gasteiger partial charge is 0.272 e. The first kappa shape index (κ1) is 17.6. The average molecular weight is 368 g/mol. The minimum Gasteiger partial charge on any atom is -0.496 e. The van der Waals surface area contributed by atoms with Crippen molar-refractivity contribution in [3.63, 3.8) is 0 Å². The van der Waals surface area contributed by atoms with Gasteiger partial charge in [0.1, 0.15) is 11.4 Å². The third-order valence-corrected chi connectivity index (χ3v) is 4.55. The summed E-state index contributed by atoms with van der Waals surface area (Å²) in [6.07, 6.45) is 0. The van der Waals surface area contributed by atoms with Crippen LogP contribution >= 0.6 is 0 Å². The fourth-order valence-electron chi connectivity index (χ4n) is 3.16. The van der Waals surface area contributed by atoms with Crippen LogP contribution in [-0.2, 0) is 0 Å². The third kappa shape index (κ3) is 3.67. The lowest BCUT2D eigenvalue weighted by Crippen LogP contribution is -2.12. The summed E-state index contributed by atoms with van der Waals surface area (Å²) in [5.74, 6) is 0.613. The number of rotatable bonds is 5. The largest absolute Gasteiger partial charge is 0.496 e. The van der Waals surface area contributed by atoms with Gasteiger partial charge in [0.15, 0.2) is 0 Å². The van der Waals surface area contributed by atoms with Crippen LogP contribution in [-0.4, -0.2) is 18.0 Å². The van der Waals surface area contributed by atoms with E-state index in [1.54, 1.807) is 13.2 Å². The third-order valence-electron chi connectivity index (χ3n) is 4.55. The van der Waals surface area contributed by atoms with Crippen LogP contribution in [0.1, 0.15) is 10.5 Å². The molecule has 0 fully saturated rings. The van der Waals surface area contributed by atoms with Crippen molar-refractivity contribution >= 4 is 11.6 Å². The van der Waals surface area contributed by atoms with Gasteiger partial charge in [0.05, 0.1) is 7.11 Å². The predicted molar refractivity (Wildman–Crippen MR) is 113 cm³/mol. The molecule has 4 heteroatoms. The number of H-pyrrole nitrogens is 1. The molecule has 1 aromatic heterocycles. The number of hydrogen-bond donors (Lipinski definition) is 2. The zero-order valence-electron chi connectivity index (χ0n) is 15.5. The summed E-state index contributed by atoms with van der Waals surface area (Å²) in [6, 6.07) is 29.2. The number of aromatic nitrogens is 1. The highest BCUT2D eigenvalue weighted by Gasteiger charge is 2.11. The molecule has 0 radical (unpaired) electrons. The van der Waals surface area contributed by atoms with Crippen LogP contribution in [0.2, 0.25) is 0 Å². The van der Waals surface area contributed by atoms with Crippen molar-refractivity contribution < 1.29 is 9.53 Å². The van der Waals surface area contributed by atoms with Crippen LogP contribution in [0.15, 0.2) is 91.0 Å². The average Bonchev–Trinajstić information content (AvgIpc) is 3.25. The maximum Gasteiger partial charge on any atom is 0.272 e. The van der Waals surface area contributed by atoms with Crippen LogP contribution in [0.4, 0.5) is 5.69 Å². The minimum atomic E-state index is -0.181. The lowest BCUT2D eigenvalue weighted by atomic mass is 10.0. The van der Waals surface area contributed by atoms with Gasteiger partial charge in [-0.2, -0.15) is 0 Å². The monoisotopic (exact) mass is 368 g/mol. The Bertz CT molecular complexity index is 1100. The van der Waals surface area contributed by atoms with Crippen LogP contribution in [0.25, 0.3) is 22.4 Å². The Labute approximate surface area is 163 Å². The maximum absolute atomic E-state index is 12.7. The fourth-order valence-corrected chi connectivity index (χ4v) is 3.16. The van der Waals surface area contributed by atoms with E-state index in [0.29, 0.717) is 5.69 Å². The molecule has 3 aromatic carbocycles. The normalized spacial score (nSPS) is 10.5. The number of aromatic amines is 1. The number of anilines is 1. The number of carbonyl (C=O) groups is 1. The molecule has 138 valence electrons. The van der Waals surface area contributed by atoms with E-state index in [1.165, 1.54) is 0 Å². The van der Waals surface area contributed by atoms with Crippen molar-refractivity contribution in [3.8, 4) is 28.1 Å². The van der Waals surface area contributed by atoms with Crippen molar-refractivity contribution in [1.29, 1.82) is 0 Å². The Morgan fingerprint density at radius 3 is 2.39 bits per heavy atom. The summed E-state index contributed by atoms with van der Waals surface area (Å²) in [5.41, 5.74) is 5.15. The Morgan fingerprint density at radius 2 is 1.57 bits per heavy atom. The van der Waals surface area contributed by atoms with Gasteiger partial charge in [0.25, 0.3) is 5.91 Å². The Balaban J connectivity index is 1.55.